The fraction of sp³-hybridized carbons (Fsp3) is 0.143. The van der Waals surface area contributed by atoms with Gasteiger partial charge in [-0.3, -0.25) is 0 Å². The Morgan fingerprint density at radius 3 is 2.25 bits per heavy atom. The van der Waals surface area contributed by atoms with Gasteiger partial charge >= 0.3 is 0 Å². The molecule has 0 aromatic heterocycles. The third-order valence-electron chi connectivity index (χ3n) is 2.62. The van der Waals surface area contributed by atoms with E-state index in [-0.39, 0.29) is 0 Å². The molecule has 0 aliphatic rings. The van der Waals surface area contributed by atoms with Crippen molar-refractivity contribution < 1.29 is 0 Å². The van der Waals surface area contributed by atoms with Gasteiger partial charge in [-0.2, -0.15) is 0 Å². The van der Waals surface area contributed by atoms with E-state index in [0.29, 0.717) is 0 Å². The molecule has 2 aromatic carbocycles. The molecule has 81 valence electrons. The number of halogens is 1. The topological polar surface area (TPSA) is 0 Å². The van der Waals surface area contributed by atoms with Gasteiger partial charge in [-0.05, 0) is 6.92 Å². The van der Waals surface area contributed by atoms with Gasteiger partial charge < -0.3 is 0 Å². The van der Waals surface area contributed by atoms with Crippen LogP contribution in [0.4, 0.5) is 0 Å². The Labute approximate surface area is 103 Å². The zero-order valence-corrected chi connectivity index (χ0v) is 11.0. The summed E-state index contributed by atoms with van der Waals surface area (Å²) >= 11 is 6.13. The van der Waals surface area contributed by atoms with Gasteiger partial charge in [0, 0.05) is 5.50 Å². The Hall–Kier alpha value is -1.05. The van der Waals surface area contributed by atoms with E-state index in [1.807, 2.05) is 6.07 Å². The standard InChI is InChI=1S/C14H14ClSi/c1-12-6-5-9-14(10-12)16(11-15)13-7-3-2-4-8-13/h2-10H,11H2,1H3. The Bertz CT molecular complexity index is 453. The first kappa shape index (κ1) is 11.4. The molecular formula is C14H14ClSi. The smallest absolute Gasteiger partial charge is 0.130 e. The van der Waals surface area contributed by atoms with Gasteiger partial charge in [0.1, 0.15) is 8.80 Å². The number of aryl methyl sites for hydroxylation is 1. The van der Waals surface area contributed by atoms with Crippen LogP contribution in [0.2, 0.25) is 0 Å². The SMILES string of the molecule is Cc1cccc([Si](CCl)c2ccccc2)c1. The average molecular weight is 246 g/mol. The molecular weight excluding hydrogens is 232 g/mol. The largest absolute Gasteiger partial charge is 0.136 e. The summed E-state index contributed by atoms with van der Waals surface area (Å²) < 4.78 is 0. The van der Waals surface area contributed by atoms with Crippen molar-refractivity contribution in [2.45, 2.75) is 6.92 Å². The van der Waals surface area contributed by atoms with Crippen LogP contribution in [0.25, 0.3) is 0 Å². The Morgan fingerprint density at radius 2 is 1.62 bits per heavy atom. The van der Waals surface area contributed by atoms with E-state index in [4.69, 9.17) is 11.6 Å². The lowest BCUT2D eigenvalue weighted by Crippen LogP contribution is -2.44. The number of hydrogen-bond donors (Lipinski definition) is 0. The first-order chi connectivity index (χ1) is 7.81. The van der Waals surface area contributed by atoms with Crippen LogP contribution < -0.4 is 10.4 Å². The molecule has 0 N–H and O–H groups in total. The van der Waals surface area contributed by atoms with Crippen LogP contribution in [0.5, 0.6) is 0 Å². The second kappa shape index (κ2) is 5.33. The second-order valence-corrected chi connectivity index (χ2v) is 7.03. The maximum atomic E-state index is 6.13. The molecule has 0 aliphatic heterocycles. The summed E-state index contributed by atoms with van der Waals surface area (Å²) in [6.07, 6.45) is 0. The van der Waals surface area contributed by atoms with Crippen molar-refractivity contribution in [1.82, 2.24) is 0 Å². The van der Waals surface area contributed by atoms with Crippen molar-refractivity contribution in [2.75, 3.05) is 5.50 Å². The predicted octanol–water partition coefficient (Wildman–Crippen LogP) is 2.38. The van der Waals surface area contributed by atoms with Crippen molar-refractivity contribution in [2.24, 2.45) is 0 Å². The maximum absolute atomic E-state index is 6.13. The molecule has 0 fully saturated rings. The molecule has 2 rings (SSSR count). The van der Waals surface area contributed by atoms with Crippen molar-refractivity contribution in [3.05, 3.63) is 60.2 Å². The van der Waals surface area contributed by atoms with E-state index < -0.39 is 8.80 Å². The van der Waals surface area contributed by atoms with Gasteiger partial charge in [0.25, 0.3) is 0 Å². The molecule has 16 heavy (non-hydrogen) atoms. The van der Waals surface area contributed by atoms with Crippen LogP contribution in [0.1, 0.15) is 5.56 Å². The second-order valence-electron chi connectivity index (χ2n) is 3.85. The minimum Gasteiger partial charge on any atom is -0.130 e. The highest BCUT2D eigenvalue weighted by atomic mass is 35.5. The lowest BCUT2D eigenvalue weighted by molar-refractivity contribution is 1.49. The summed E-state index contributed by atoms with van der Waals surface area (Å²) in [7, 11) is -0.796. The molecule has 0 heterocycles. The number of benzene rings is 2. The molecule has 0 amide bonds. The van der Waals surface area contributed by atoms with E-state index in [2.05, 4.69) is 55.5 Å². The minimum atomic E-state index is -0.796. The summed E-state index contributed by atoms with van der Waals surface area (Å²) in [5.41, 5.74) is 2.03. The van der Waals surface area contributed by atoms with E-state index in [0.717, 1.165) is 5.50 Å². The van der Waals surface area contributed by atoms with Crippen molar-refractivity contribution in [1.29, 1.82) is 0 Å². The molecule has 2 heteroatoms. The van der Waals surface area contributed by atoms with Crippen LogP contribution in [-0.2, 0) is 0 Å². The van der Waals surface area contributed by atoms with Gasteiger partial charge in [0.2, 0.25) is 0 Å². The van der Waals surface area contributed by atoms with Crippen LogP contribution >= 0.6 is 11.6 Å². The van der Waals surface area contributed by atoms with E-state index in [1.54, 1.807) is 0 Å². The highest BCUT2D eigenvalue weighted by Crippen LogP contribution is 1.98. The average Bonchev–Trinajstić information content (AvgIpc) is 2.31. The molecule has 0 bridgehead atoms. The molecule has 0 aliphatic carbocycles. The number of alkyl halides is 1. The fourth-order valence-corrected chi connectivity index (χ4v) is 4.65. The molecule has 0 unspecified atom stereocenters. The summed E-state index contributed by atoms with van der Waals surface area (Å²) in [6.45, 7) is 2.13. The van der Waals surface area contributed by atoms with Crippen molar-refractivity contribution in [3.63, 3.8) is 0 Å². The van der Waals surface area contributed by atoms with Gasteiger partial charge in [0.15, 0.2) is 0 Å². The van der Waals surface area contributed by atoms with E-state index in [9.17, 15) is 0 Å². The zero-order valence-electron chi connectivity index (χ0n) is 9.28. The third-order valence-corrected chi connectivity index (χ3v) is 5.73. The quantitative estimate of drug-likeness (QED) is 0.576. The highest BCUT2D eigenvalue weighted by molar-refractivity contribution is 6.89. The number of hydrogen-bond acceptors (Lipinski definition) is 0. The predicted molar refractivity (Wildman–Crippen MR) is 73.4 cm³/mol. The van der Waals surface area contributed by atoms with Crippen molar-refractivity contribution in [3.8, 4) is 0 Å². The van der Waals surface area contributed by atoms with Crippen LogP contribution in [0.15, 0.2) is 54.6 Å². The van der Waals surface area contributed by atoms with Gasteiger partial charge in [0.05, 0.1) is 0 Å². The summed E-state index contributed by atoms with van der Waals surface area (Å²) in [5, 5.41) is 2.78. The van der Waals surface area contributed by atoms with Gasteiger partial charge in [-0.15, -0.1) is 11.6 Å². The summed E-state index contributed by atoms with van der Waals surface area (Å²) in [5.74, 6) is 0. The molecule has 0 saturated heterocycles. The molecule has 0 nitrogen and oxygen atoms in total. The van der Waals surface area contributed by atoms with Crippen LogP contribution in [0.3, 0.4) is 0 Å². The Morgan fingerprint density at radius 1 is 0.938 bits per heavy atom. The molecule has 0 spiro atoms. The van der Waals surface area contributed by atoms with Gasteiger partial charge in [-0.1, -0.05) is 70.5 Å². The Balaban J connectivity index is 2.37. The summed E-state index contributed by atoms with van der Waals surface area (Å²) in [6, 6.07) is 19.3. The van der Waals surface area contributed by atoms with E-state index in [1.165, 1.54) is 15.9 Å². The molecule has 1 radical (unpaired) electrons. The lowest BCUT2D eigenvalue weighted by Gasteiger charge is -2.13. The maximum Gasteiger partial charge on any atom is 0.136 e. The van der Waals surface area contributed by atoms with Gasteiger partial charge in [-0.25, -0.2) is 0 Å². The highest BCUT2D eigenvalue weighted by Gasteiger charge is 2.15. The normalized spacial score (nSPS) is 10.7. The first-order valence-electron chi connectivity index (χ1n) is 5.35. The van der Waals surface area contributed by atoms with Crippen LogP contribution in [0, 0.1) is 6.92 Å². The molecule has 0 atom stereocenters. The van der Waals surface area contributed by atoms with E-state index >= 15 is 0 Å². The monoisotopic (exact) mass is 245 g/mol. The zero-order chi connectivity index (χ0) is 11.4. The minimum absolute atomic E-state index is 0.720. The fourth-order valence-electron chi connectivity index (χ4n) is 1.79. The molecule has 2 aromatic rings. The molecule has 0 saturated carbocycles. The third kappa shape index (κ3) is 2.54. The van der Waals surface area contributed by atoms with Crippen molar-refractivity contribution >= 4 is 30.8 Å². The first-order valence-corrected chi connectivity index (χ1v) is 7.59. The summed E-state index contributed by atoms with van der Waals surface area (Å²) in [4.78, 5) is 0. The number of rotatable bonds is 3. The van der Waals surface area contributed by atoms with Crippen LogP contribution in [-0.4, -0.2) is 14.3 Å². The Kier molecular flexibility index (Phi) is 3.81. The lowest BCUT2D eigenvalue weighted by atomic mass is 10.2.